The molecule has 1 amide bonds. The van der Waals surface area contributed by atoms with Crippen LogP contribution in [0.25, 0.3) is 4.85 Å². The molecule has 3 heterocycles. The number of aromatic nitrogens is 1. The summed E-state index contributed by atoms with van der Waals surface area (Å²) in [6, 6.07) is 6.85. The second kappa shape index (κ2) is 8.22. The summed E-state index contributed by atoms with van der Waals surface area (Å²) in [5.41, 5.74) is -0.559. The van der Waals surface area contributed by atoms with E-state index in [1.54, 1.807) is 6.92 Å². The van der Waals surface area contributed by atoms with E-state index in [4.69, 9.17) is 11.3 Å². The maximum atomic E-state index is 15.0. The van der Waals surface area contributed by atoms with Crippen molar-refractivity contribution in [2.45, 2.75) is 31.4 Å². The topological polar surface area (TPSA) is 67.9 Å². The monoisotopic (exact) mass is 460 g/mol. The summed E-state index contributed by atoms with van der Waals surface area (Å²) < 4.78 is 48.9. The number of fused-ring (bicyclic) bond motifs is 1. The summed E-state index contributed by atoms with van der Waals surface area (Å²) in [4.78, 5) is 24.3. The van der Waals surface area contributed by atoms with Gasteiger partial charge in [-0.1, -0.05) is 6.07 Å². The number of rotatable bonds is 4. The van der Waals surface area contributed by atoms with Crippen molar-refractivity contribution < 1.29 is 22.7 Å². The number of anilines is 1. The number of halogens is 3. The predicted molar refractivity (Wildman–Crippen MR) is 116 cm³/mol. The van der Waals surface area contributed by atoms with Crippen molar-refractivity contribution in [1.82, 2.24) is 4.98 Å². The van der Waals surface area contributed by atoms with Gasteiger partial charge in [0.05, 0.1) is 18.2 Å². The number of hydrogen-bond donors (Lipinski definition) is 1. The van der Waals surface area contributed by atoms with Gasteiger partial charge in [-0.3, -0.25) is 14.8 Å². The molecule has 1 aromatic heterocycles. The Bertz CT molecular complexity index is 1130. The Morgan fingerprint density at radius 1 is 1.38 bits per heavy atom. The molecule has 1 N–H and O–H groups in total. The molecule has 2 aromatic rings. The lowest BCUT2D eigenvalue weighted by Crippen LogP contribution is -2.45. The molecule has 1 aromatic carbocycles. The lowest BCUT2D eigenvalue weighted by atomic mass is 9.77. The maximum Gasteiger partial charge on any atom is 0.274 e. The highest BCUT2D eigenvalue weighted by atomic mass is 32.2. The number of nitrogens with zero attached hydrogens (tertiary/aromatic N) is 3. The van der Waals surface area contributed by atoms with Gasteiger partial charge in [-0.25, -0.2) is 18.0 Å². The molecule has 2 aliphatic rings. The molecule has 0 aliphatic carbocycles. The molecule has 6 nitrogen and oxygen atoms in total. The molecule has 0 bridgehead atoms. The van der Waals surface area contributed by atoms with Crippen LogP contribution in [-0.2, 0) is 10.3 Å². The van der Waals surface area contributed by atoms with Crippen LogP contribution in [0.1, 0.15) is 29.9 Å². The first kappa shape index (κ1) is 22.3. The summed E-state index contributed by atoms with van der Waals surface area (Å²) in [5, 5.41) is 3.30. The van der Waals surface area contributed by atoms with E-state index < -0.39 is 35.2 Å². The third kappa shape index (κ3) is 3.98. The average molecular weight is 460 g/mol. The Morgan fingerprint density at radius 3 is 2.81 bits per heavy atom. The molecule has 166 valence electrons. The van der Waals surface area contributed by atoms with Crippen LogP contribution < -0.4 is 5.32 Å². The molecule has 1 saturated heterocycles. The highest BCUT2D eigenvalue weighted by molar-refractivity contribution is 8.13. The molecule has 1 fully saturated rings. The van der Waals surface area contributed by atoms with Crippen LogP contribution in [0.3, 0.4) is 0 Å². The van der Waals surface area contributed by atoms with Gasteiger partial charge in [0, 0.05) is 36.0 Å². The molecule has 4 rings (SSSR count). The van der Waals surface area contributed by atoms with E-state index in [0.717, 1.165) is 6.92 Å². The van der Waals surface area contributed by atoms with E-state index in [-0.39, 0.29) is 23.6 Å². The molecule has 0 saturated carbocycles. The quantitative estimate of drug-likeness (QED) is 0.648. The number of pyridine rings is 1. The van der Waals surface area contributed by atoms with Gasteiger partial charge < -0.3 is 10.1 Å². The van der Waals surface area contributed by atoms with Crippen molar-refractivity contribution in [3.8, 4) is 0 Å². The molecule has 2 unspecified atom stereocenters. The molecular weight excluding hydrogens is 441 g/mol. The zero-order chi connectivity index (χ0) is 23.1. The van der Waals surface area contributed by atoms with Crippen LogP contribution in [0.4, 0.5) is 24.5 Å². The number of amides is 1. The molecule has 3 atom stereocenters. The number of carbonyl (C=O) groups is 1. The highest BCUT2D eigenvalue weighted by Crippen LogP contribution is 2.52. The summed E-state index contributed by atoms with van der Waals surface area (Å²) >= 11 is 1.34. The summed E-state index contributed by atoms with van der Waals surface area (Å²) in [6.45, 7) is 9.31. The van der Waals surface area contributed by atoms with Gasteiger partial charge in [-0.15, -0.1) is 11.8 Å². The van der Waals surface area contributed by atoms with Crippen LogP contribution in [-0.4, -0.2) is 40.3 Å². The third-order valence-corrected chi connectivity index (χ3v) is 6.63. The molecule has 2 aliphatic heterocycles. The van der Waals surface area contributed by atoms with Crippen LogP contribution in [0.15, 0.2) is 41.5 Å². The minimum Gasteiger partial charge on any atom is -0.369 e. The fraction of sp³-hybridized carbons (Fsp3) is 0.364. The largest absolute Gasteiger partial charge is 0.369 e. The van der Waals surface area contributed by atoms with Gasteiger partial charge in [0.1, 0.15) is 23.2 Å². The van der Waals surface area contributed by atoms with Crippen molar-refractivity contribution in [2.24, 2.45) is 10.9 Å². The minimum atomic E-state index is -3.11. The van der Waals surface area contributed by atoms with E-state index in [1.807, 2.05) is 0 Å². The van der Waals surface area contributed by atoms with Crippen LogP contribution in [0.5, 0.6) is 0 Å². The molecule has 32 heavy (non-hydrogen) atoms. The number of alkyl halides is 2. The number of carbonyl (C=O) groups excluding carboxylic acids is 1. The summed E-state index contributed by atoms with van der Waals surface area (Å²) in [6.07, 6.45) is -0.116. The minimum absolute atomic E-state index is 0.0807. The van der Waals surface area contributed by atoms with Crippen molar-refractivity contribution in [3.63, 3.8) is 0 Å². The van der Waals surface area contributed by atoms with Gasteiger partial charge in [-0.2, -0.15) is 0 Å². The normalized spacial score (nSPS) is 24.9. The first-order valence-electron chi connectivity index (χ1n) is 9.77. The number of thioether (sulfide) groups is 1. The Morgan fingerprint density at radius 2 is 2.16 bits per heavy atom. The van der Waals surface area contributed by atoms with Gasteiger partial charge in [0.2, 0.25) is 5.69 Å². The zero-order valence-corrected chi connectivity index (χ0v) is 18.0. The number of benzene rings is 1. The number of aliphatic imine (C=N–C) groups is 1. The van der Waals surface area contributed by atoms with Crippen LogP contribution >= 0.6 is 11.8 Å². The fourth-order valence-corrected chi connectivity index (χ4v) is 5.21. The third-order valence-electron chi connectivity index (χ3n) is 5.59. The van der Waals surface area contributed by atoms with Crippen molar-refractivity contribution >= 4 is 34.1 Å². The second-order valence-corrected chi connectivity index (χ2v) is 9.04. The zero-order valence-electron chi connectivity index (χ0n) is 17.2. The van der Waals surface area contributed by atoms with E-state index in [1.165, 1.54) is 48.3 Å². The Balaban J connectivity index is 1.69. The van der Waals surface area contributed by atoms with Gasteiger partial charge in [0.25, 0.3) is 11.8 Å². The smallest absolute Gasteiger partial charge is 0.274 e. The Kier molecular flexibility index (Phi) is 5.73. The summed E-state index contributed by atoms with van der Waals surface area (Å²) in [5.74, 6) is -4.69. The lowest BCUT2D eigenvalue weighted by molar-refractivity contribution is -0.113. The fourth-order valence-electron chi connectivity index (χ4n) is 4.11. The predicted octanol–water partition coefficient (Wildman–Crippen LogP) is 5.05. The average Bonchev–Trinajstić information content (AvgIpc) is 3.15. The molecule has 0 radical (unpaired) electrons. The van der Waals surface area contributed by atoms with Crippen LogP contribution in [0, 0.1) is 18.3 Å². The SMILES string of the molecule is [C-]#[N+]c1ccc(C(=O)Nc2ccc(F)c(C34CO[C@H](C(C)(F)F)C3CSC(C)=N4)c2)nc1. The van der Waals surface area contributed by atoms with E-state index in [2.05, 4.69) is 20.1 Å². The Labute approximate surface area is 187 Å². The summed E-state index contributed by atoms with van der Waals surface area (Å²) in [7, 11) is 0. The first-order valence-corrected chi connectivity index (χ1v) is 10.8. The Hall–Kier alpha value is -2.90. The van der Waals surface area contributed by atoms with E-state index in [9.17, 15) is 13.6 Å². The number of ether oxygens (including phenoxy) is 1. The lowest BCUT2D eigenvalue weighted by Gasteiger charge is -2.37. The van der Waals surface area contributed by atoms with Gasteiger partial charge >= 0.3 is 0 Å². The first-order chi connectivity index (χ1) is 15.1. The highest BCUT2D eigenvalue weighted by Gasteiger charge is 2.59. The van der Waals surface area contributed by atoms with Crippen molar-refractivity contribution in [2.75, 3.05) is 17.7 Å². The second-order valence-electron chi connectivity index (χ2n) is 7.82. The maximum absolute atomic E-state index is 15.0. The van der Waals surface area contributed by atoms with Crippen molar-refractivity contribution in [1.29, 1.82) is 0 Å². The van der Waals surface area contributed by atoms with E-state index in [0.29, 0.717) is 16.5 Å². The van der Waals surface area contributed by atoms with Gasteiger partial charge in [0.15, 0.2) is 0 Å². The van der Waals surface area contributed by atoms with Gasteiger partial charge in [-0.05, 0) is 31.2 Å². The van der Waals surface area contributed by atoms with Crippen LogP contribution in [0.2, 0.25) is 0 Å². The molecule has 0 spiro atoms. The number of hydrogen-bond acceptors (Lipinski definition) is 5. The molecular formula is C22H19F3N4O2S. The van der Waals surface area contributed by atoms with E-state index >= 15 is 4.39 Å². The number of nitrogens with one attached hydrogen (secondary N) is 1. The molecule has 10 heteroatoms. The standard InChI is InChI=1S/C22H19F3N4O2S/c1-12-29-22(11-31-19(21(2,24)25)16(22)10-32-12)15-8-13(4-6-17(15)23)28-20(30)18-7-5-14(26-3)9-27-18/h4-9,16,19H,10-11H2,1-2H3,(H,28,30)/t16?,19-,22?/m0/s1. The van der Waals surface area contributed by atoms with Crippen molar-refractivity contribution in [3.05, 3.63) is 65.0 Å².